The second kappa shape index (κ2) is 6.22. The maximum atomic E-state index is 10.9. The standard InChI is InChI=1S/C20H18O6/c1-22-17-7-12(8-18(23-2)20(17)24-3)13-5-4-11-6-15-16(26-10-25-15)9-14(11)19(13)21/h4-9,21H,10H2,1-3H3. The van der Waals surface area contributed by atoms with Crippen molar-refractivity contribution >= 4 is 10.8 Å². The quantitative estimate of drug-likeness (QED) is 0.765. The fourth-order valence-corrected chi connectivity index (χ4v) is 3.17. The van der Waals surface area contributed by atoms with Gasteiger partial charge in [-0.3, -0.25) is 0 Å². The fourth-order valence-electron chi connectivity index (χ4n) is 3.17. The van der Waals surface area contributed by atoms with Crippen molar-refractivity contribution in [1.82, 2.24) is 0 Å². The number of benzene rings is 3. The molecule has 0 saturated carbocycles. The lowest BCUT2D eigenvalue weighted by Crippen LogP contribution is -1.96. The van der Waals surface area contributed by atoms with Gasteiger partial charge in [0.1, 0.15) is 5.75 Å². The highest BCUT2D eigenvalue weighted by Gasteiger charge is 2.19. The maximum Gasteiger partial charge on any atom is 0.231 e. The first-order valence-electron chi connectivity index (χ1n) is 8.02. The second-order valence-corrected chi connectivity index (χ2v) is 5.80. The number of aromatic hydroxyl groups is 1. The van der Waals surface area contributed by atoms with Crippen LogP contribution in [0, 0.1) is 0 Å². The summed E-state index contributed by atoms with van der Waals surface area (Å²) < 4.78 is 27.0. The predicted molar refractivity (Wildman–Crippen MR) is 96.8 cm³/mol. The van der Waals surface area contributed by atoms with Gasteiger partial charge in [-0.1, -0.05) is 12.1 Å². The Balaban J connectivity index is 1.92. The molecule has 1 heterocycles. The molecule has 3 aromatic carbocycles. The van der Waals surface area contributed by atoms with E-state index in [1.807, 2.05) is 18.2 Å². The van der Waals surface area contributed by atoms with Crippen molar-refractivity contribution in [2.24, 2.45) is 0 Å². The Morgan fingerprint density at radius 1 is 0.846 bits per heavy atom. The van der Waals surface area contributed by atoms with E-state index in [1.54, 1.807) is 39.5 Å². The Morgan fingerprint density at radius 2 is 1.50 bits per heavy atom. The molecule has 0 atom stereocenters. The monoisotopic (exact) mass is 354 g/mol. The zero-order chi connectivity index (χ0) is 18.3. The normalized spacial score (nSPS) is 12.3. The summed E-state index contributed by atoms with van der Waals surface area (Å²) in [6.07, 6.45) is 0. The van der Waals surface area contributed by atoms with Gasteiger partial charge in [0.25, 0.3) is 0 Å². The van der Waals surface area contributed by atoms with E-state index in [2.05, 4.69) is 0 Å². The van der Waals surface area contributed by atoms with E-state index < -0.39 is 0 Å². The van der Waals surface area contributed by atoms with E-state index in [-0.39, 0.29) is 12.5 Å². The van der Waals surface area contributed by atoms with Crippen molar-refractivity contribution in [3.63, 3.8) is 0 Å². The molecule has 0 radical (unpaired) electrons. The van der Waals surface area contributed by atoms with Crippen LogP contribution in [0.25, 0.3) is 21.9 Å². The van der Waals surface area contributed by atoms with Crippen LogP contribution >= 0.6 is 0 Å². The van der Waals surface area contributed by atoms with Crippen LogP contribution in [0.5, 0.6) is 34.5 Å². The van der Waals surface area contributed by atoms with Crippen LogP contribution in [0.15, 0.2) is 36.4 Å². The molecule has 0 bridgehead atoms. The third-order valence-corrected chi connectivity index (χ3v) is 4.46. The van der Waals surface area contributed by atoms with E-state index in [1.165, 1.54) is 0 Å². The lowest BCUT2D eigenvalue weighted by molar-refractivity contribution is 0.174. The third-order valence-electron chi connectivity index (χ3n) is 4.46. The number of phenols is 1. The molecule has 0 amide bonds. The molecule has 0 saturated heterocycles. The van der Waals surface area contributed by atoms with Gasteiger partial charge in [0.2, 0.25) is 12.5 Å². The van der Waals surface area contributed by atoms with Crippen molar-refractivity contribution in [3.8, 4) is 45.6 Å². The van der Waals surface area contributed by atoms with Crippen molar-refractivity contribution in [2.45, 2.75) is 0 Å². The molecule has 1 N–H and O–H groups in total. The molecule has 0 unspecified atom stereocenters. The van der Waals surface area contributed by atoms with Gasteiger partial charge in [0.05, 0.1) is 21.3 Å². The largest absolute Gasteiger partial charge is 0.507 e. The van der Waals surface area contributed by atoms with Gasteiger partial charge >= 0.3 is 0 Å². The molecule has 6 nitrogen and oxygen atoms in total. The fraction of sp³-hybridized carbons (Fsp3) is 0.200. The Morgan fingerprint density at radius 3 is 2.12 bits per heavy atom. The highest BCUT2D eigenvalue weighted by Crippen LogP contribution is 2.46. The van der Waals surface area contributed by atoms with E-state index >= 15 is 0 Å². The maximum absolute atomic E-state index is 10.9. The Hall–Kier alpha value is -3.28. The van der Waals surface area contributed by atoms with Gasteiger partial charge in [-0.25, -0.2) is 0 Å². The topological polar surface area (TPSA) is 66.4 Å². The summed E-state index contributed by atoms with van der Waals surface area (Å²) in [6, 6.07) is 11.0. The zero-order valence-electron chi connectivity index (χ0n) is 14.7. The van der Waals surface area contributed by atoms with E-state index in [9.17, 15) is 5.11 Å². The SMILES string of the molecule is COc1cc(-c2ccc3cc4c(cc3c2O)OCO4)cc(OC)c1OC. The molecule has 1 aliphatic rings. The minimum atomic E-state index is 0.148. The van der Waals surface area contributed by atoms with Crippen LogP contribution in [0.2, 0.25) is 0 Å². The minimum absolute atomic E-state index is 0.148. The Bertz CT molecular complexity index is 970. The highest BCUT2D eigenvalue weighted by molar-refractivity contribution is 5.97. The lowest BCUT2D eigenvalue weighted by Gasteiger charge is -2.15. The number of methoxy groups -OCH3 is 3. The number of hydrogen-bond acceptors (Lipinski definition) is 6. The molecule has 6 heteroatoms. The van der Waals surface area contributed by atoms with Gasteiger partial charge < -0.3 is 28.8 Å². The summed E-state index contributed by atoms with van der Waals surface area (Å²) >= 11 is 0. The average molecular weight is 354 g/mol. The lowest BCUT2D eigenvalue weighted by atomic mass is 9.98. The summed E-state index contributed by atoms with van der Waals surface area (Å²) in [4.78, 5) is 0. The van der Waals surface area contributed by atoms with Gasteiger partial charge in [-0.2, -0.15) is 0 Å². The highest BCUT2D eigenvalue weighted by atomic mass is 16.7. The van der Waals surface area contributed by atoms with Crippen LogP contribution in [-0.2, 0) is 0 Å². The van der Waals surface area contributed by atoms with Crippen molar-refractivity contribution in [1.29, 1.82) is 0 Å². The molecular formula is C20H18O6. The van der Waals surface area contributed by atoms with Gasteiger partial charge in [0.15, 0.2) is 23.0 Å². The summed E-state index contributed by atoms with van der Waals surface area (Å²) in [5.74, 6) is 2.99. The summed E-state index contributed by atoms with van der Waals surface area (Å²) in [6.45, 7) is 0.187. The number of hydrogen-bond donors (Lipinski definition) is 1. The molecule has 0 fully saturated rings. The number of rotatable bonds is 4. The zero-order valence-corrected chi connectivity index (χ0v) is 14.7. The molecule has 26 heavy (non-hydrogen) atoms. The average Bonchev–Trinajstić information content (AvgIpc) is 3.13. The number of phenolic OH excluding ortho intramolecular Hbond substituents is 1. The summed E-state index contributed by atoms with van der Waals surface area (Å²) in [7, 11) is 4.67. The van der Waals surface area contributed by atoms with Crippen molar-refractivity contribution in [3.05, 3.63) is 36.4 Å². The number of ether oxygens (including phenoxy) is 5. The molecule has 0 aliphatic carbocycles. The second-order valence-electron chi connectivity index (χ2n) is 5.80. The van der Waals surface area contributed by atoms with Gasteiger partial charge in [0, 0.05) is 10.9 Å². The van der Waals surface area contributed by atoms with Crippen LogP contribution in [0.3, 0.4) is 0 Å². The molecular weight excluding hydrogens is 336 g/mol. The Labute approximate surface area is 150 Å². The minimum Gasteiger partial charge on any atom is -0.507 e. The van der Waals surface area contributed by atoms with E-state index in [0.717, 1.165) is 10.9 Å². The van der Waals surface area contributed by atoms with Crippen LogP contribution in [0.4, 0.5) is 0 Å². The van der Waals surface area contributed by atoms with Crippen LogP contribution in [-0.4, -0.2) is 33.2 Å². The summed E-state index contributed by atoms with van der Waals surface area (Å²) in [5, 5.41) is 12.4. The molecule has 0 aromatic heterocycles. The van der Waals surface area contributed by atoms with Gasteiger partial charge in [-0.15, -0.1) is 0 Å². The first-order chi connectivity index (χ1) is 12.7. The van der Waals surface area contributed by atoms with Gasteiger partial charge in [-0.05, 0) is 35.2 Å². The Kier molecular flexibility index (Phi) is 3.88. The molecule has 3 aromatic rings. The van der Waals surface area contributed by atoms with E-state index in [0.29, 0.717) is 39.7 Å². The third kappa shape index (κ3) is 2.42. The molecule has 1 aliphatic heterocycles. The summed E-state index contributed by atoms with van der Waals surface area (Å²) in [5.41, 5.74) is 1.40. The first kappa shape index (κ1) is 16.2. The molecule has 0 spiro atoms. The van der Waals surface area contributed by atoms with E-state index in [4.69, 9.17) is 23.7 Å². The first-order valence-corrected chi connectivity index (χ1v) is 8.02. The predicted octanol–water partition coefficient (Wildman–Crippen LogP) is 3.97. The van der Waals surface area contributed by atoms with Crippen molar-refractivity contribution in [2.75, 3.05) is 28.1 Å². The molecule has 134 valence electrons. The number of fused-ring (bicyclic) bond motifs is 2. The van der Waals surface area contributed by atoms with Crippen molar-refractivity contribution < 1.29 is 28.8 Å². The molecule has 4 rings (SSSR count). The smallest absolute Gasteiger partial charge is 0.231 e. The van der Waals surface area contributed by atoms with Crippen LogP contribution in [0.1, 0.15) is 0 Å². The van der Waals surface area contributed by atoms with Crippen LogP contribution < -0.4 is 23.7 Å².